The third-order valence-electron chi connectivity index (χ3n) is 2.67. The summed E-state index contributed by atoms with van der Waals surface area (Å²) in [6, 6.07) is 3.85. The molecule has 3 N–H and O–H groups in total. The second kappa shape index (κ2) is 6.03. The summed E-state index contributed by atoms with van der Waals surface area (Å²) in [4.78, 5) is 15.5. The molecule has 102 valence electrons. The predicted octanol–water partition coefficient (Wildman–Crippen LogP) is 0.591. The first kappa shape index (κ1) is 13.1. The van der Waals surface area contributed by atoms with Gasteiger partial charge in [-0.15, -0.1) is 5.10 Å². The van der Waals surface area contributed by atoms with E-state index in [0.29, 0.717) is 0 Å². The molecule has 0 saturated carbocycles. The molecule has 2 aromatic heterocycles. The molecule has 0 aliphatic heterocycles. The summed E-state index contributed by atoms with van der Waals surface area (Å²) in [6.07, 6.45) is 4.69. The van der Waals surface area contributed by atoms with Gasteiger partial charge in [0.1, 0.15) is 18.6 Å². The van der Waals surface area contributed by atoms with Gasteiger partial charge in [-0.05, 0) is 25.5 Å². The normalized spacial score (nSPS) is 12.3. The number of carbonyl (C=O) groups excluding carboxylic acids is 1. The van der Waals surface area contributed by atoms with Gasteiger partial charge in [0, 0.05) is 12.5 Å². The van der Waals surface area contributed by atoms with Crippen LogP contribution in [0.4, 0.5) is 5.95 Å². The minimum atomic E-state index is -0.114. The molecular formula is C12H17N5O2. The molecule has 2 rings (SSSR count). The summed E-state index contributed by atoms with van der Waals surface area (Å²) in [5, 5.41) is 6.74. The van der Waals surface area contributed by atoms with Crippen LogP contribution in [-0.4, -0.2) is 26.7 Å². The number of rotatable bonds is 6. The molecule has 0 aromatic carbocycles. The molecule has 1 unspecified atom stereocenters. The van der Waals surface area contributed by atoms with E-state index in [1.165, 1.54) is 11.0 Å². The topological polar surface area (TPSA) is 99.0 Å². The molecule has 2 aromatic rings. The van der Waals surface area contributed by atoms with Gasteiger partial charge < -0.3 is 15.5 Å². The SMILES string of the molecule is CC(CCc1ccco1)NC(=O)Cn1cnc(N)n1. The molecule has 0 saturated heterocycles. The number of nitrogens with zero attached hydrogens (tertiary/aromatic N) is 3. The minimum Gasteiger partial charge on any atom is -0.469 e. The van der Waals surface area contributed by atoms with Gasteiger partial charge in [-0.3, -0.25) is 4.79 Å². The van der Waals surface area contributed by atoms with Gasteiger partial charge in [-0.1, -0.05) is 0 Å². The highest BCUT2D eigenvalue weighted by Gasteiger charge is 2.09. The smallest absolute Gasteiger partial charge is 0.242 e. The number of anilines is 1. The second-order valence-corrected chi connectivity index (χ2v) is 4.39. The predicted molar refractivity (Wildman–Crippen MR) is 69.1 cm³/mol. The first-order valence-electron chi connectivity index (χ1n) is 6.10. The van der Waals surface area contributed by atoms with Crippen molar-refractivity contribution in [2.45, 2.75) is 32.4 Å². The van der Waals surface area contributed by atoms with E-state index in [1.807, 2.05) is 19.1 Å². The summed E-state index contributed by atoms with van der Waals surface area (Å²) in [7, 11) is 0. The van der Waals surface area contributed by atoms with E-state index in [0.717, 1.165) is 18.6 Å². The third-order valence-corrected chi connectivity index (χ3v) is 2.67. The number of amides is 1. The molecule has 7 heteroatoms. The summed E-state index contributed by atoms with van der Waals surface area (Å²) in [5.41, 5.74) is 5.37. The van der Waals surface area contributed by atoms with E-state index in [2.05, 4.69) is 15.4 Å². The molecule has 0 aliphatic rings. The number of aryl methyl sites for hydroxylation is 1. The first-order valence-corrected chi connectivity index (χ1v) is 6.10. The lowest BCUT2D eigenvalue weighted by molar-refractivity contribution is -0.122. The minimum absolute atomic E-state index is 0.0680. The average Bonchev–Trinajstić information content (AvgIpc) is 2.98. The zero-order valence-corrected chi connectivity index (χ0v) is 10.7. The highest BCUT2D eigenvalue weighted by atomic mass is 16.3. The van der Waals surface area contributed by atoms with E-state index in [1.54, 1.807) is 6.26 Å². The molecular weight excluding hydrogens is 246 g/mol. The monoisotopic (exact) mass is 263 g/mol. The summed E-state index contributed by atoms with van der Waals surface area (Å²) in [5.74, 6) is 0.973. The molecule has 7 nitrogen and oxygen atoms in total. The van der Waals surface area contributed by atoms with Crippen molar-refractivity contribution in [2.75, 3.05) is 5.73 Å². The summed E-state index contributed by atoms with van der Waals surface area (Å²) < 4.78 is 6.64. The fraction of sp³-hybridized carbons (Fsp3) is 0.417. The number of nitrogens with two attached hydrogens (primary N) is 1. The van der Waals surface area contributed by atoms with Gasteiger partial charge in [-0.25, -0.2) is 9.67 Å². The van der Waals surface area contributed by atoms with Crippen molar-refractivity contribution < 1.29 is 9.21 Å². The Morgan fingerprint density at radius 1 is 1.63 bits per heavy atom. The number of nitrogens with one attached hydrogen (secondary N) is 1. The summed E-state index contributed by atoms with van der Waals surface area (Å²) >= 11 is 0. The average molecular weight is 263 g/mol. The highest BCUT2D eigenvalue weighted by molar-refractivity contribution is 5.75. The zero-order valence-electron chi connectivity index (χ0n) is 10.7. The number of hydrogen-bond acceptors (Lipinski definition) is 5. The molecule has 19 heavy (non-hydrogen) atoms. The molecule has 1 atom stereocenters. The van der Waals surface area contributed by atoms with Crippen LogP contribution < -0.4 is 11.1 Å². The van der Waals surface area contributed by atoms with Crippen LogP contribution in [0.5, 0.6) is 0 Å². The van der Waals surface area contributed by atoms with Crippen molar-refractivity contribution >= 4 is 11.9 Å². The van der Waals surface area contributed by atoms with E-state index < -0.39 is 0 Å². The molecule has 0 bridgehead atoms. The van der Waals surface area contributed by atoms with Crippen molar-refractivity contribution in [3.05, 3.63) is 30.5 Å². The fourth-order valence-corrected chi connectivity index (χ4v) is 1.74. The van der Waals surface area contributed by atoms with Crippen molar-refractivity contribution in [3.63, 3.8) is 0 Å². The number of nitrogen functional groups attached to an aromatic ring is 1. The van der Waals surface area contributed by atoms with Crippen molar-refractivity contribution in [3.8, 4) is 0 Å². The Morgan fingerprint density at radius 3 is 3.11 bits per heavy atom. The maximum atomic E-state index is 11.7. The molecule has 0 aliphatic carbocycles. The van der Waals surface area contributed by atoms with Crippen LogP contribution in [0, 0.1) is 0 Å². The Labute approximate surface area is 110 Å². The van der Waals surface area contributed by atoms with Crippen LogP contribution in [0.3, 0.4) is 0 Å². The number of aromatic nitrogens is 3. The zero-order chi connectivity index (χ0) is 13.7. The van der Waals surface area contributed by atoms with Crippen molar-refractivity contribution in [1.82, 2.24) is 20.1 Å². The lowest BCUT2D eigenvalue weighted by Gasteiger charge is -2.12. The van der Waals surface area contributed by atoms with Gasteiger partial charge in [0.25, 0.3) is 0 Å². The van der Waals surface area contributed by atoms with E-state index in [9.17, 15) is 4.79 Å². The number of furan rings is 1. The van der Waals surface area contributed by atoms with Crippen LogP contribution in [0.1, 0.15) is 19.1 Å². The first-order chi connectivity index (χ1) is 9.13. The highest BCUT2D eigenvalue weighted by Crippen LogP contribution is 2.05. The molecule has 0 fully saturated rings. The van der Waals surface area contributed by atoms with Crippen LogP contribution in [0.2, 0.25) is 0 Å². The maximum absolute atomic E-state index is 11.7. The Hall–Kier alpha value is -2.31. The van der Waals surface area contributed by atoms with E-state index in [-0.39, 0.29) is 24.4 Å². The fourth-order valence-electron chi connectivity index (χ4n) is 1.74. The van der Waals surface area contributed by atoms with Gasteiger partial charge in [0.05, 0.1) is 6.26 Å². The second-order valence-electron chi connectivity index (χ2n) is 4.39. The van der Waals surface area contributed by atoms with Gasteiger partial charge in [-0.2, -0.15) is 0 Å². The maximum Gasteiger partial charge on any atom is 0.242 e. The Balaban J connectivity index is 1.72. The quantitative estimate of drug-likeness (QED) is 0.794. The van der Waals surface area contributed by atoms with Crippen molar-refractivity contribution in [2.24, 2.45) is 0 Å². The van der Waals surface area contributed by atoms with E-state index in [4.69, 9.17) is 10.2 Å². The van der Waals surface area contributed by atoms with Gasteiger partial charge in [0.15, 0.2) is 0 Å². The van der Waals surface area contributed by atoms with E-state index >= 15 is 0 Å². The number of carbonyl (C=O) groups is 1. The standard InChI is InChI=1S/C12H17N5O2/c1-9(4-5-10-3-2-6-19-10)15-11(18)7-17-8-14-12(13)16-17/h2-3,6,8-9H,4-5,7H2,1H3,(H2,13,16)(H,15,18). The van der Waals surface area contributed by atoms with Gasteiger partial charge in [0.2, 0.25) is 11.9 Å². The lowest BCUT2D eigenvalue weighted by Crippen LogP contribution is -2.35. The Bertz CT molecular complexity index is 520. The molecule has 2 heterocycles. The Kier molecular flexibility index (Phi) is 4.17. The lowest BCUT2D eigenvalue weighted by atomic mass is 10.1. The van der Waals surface area contributed by atoms with Crippen molar-refractivity contribution in [1.29, 1.82) is 0 Å². The molecule has 1 amide bonds. The molecule has 0 radical (unpaired) electrons. The van der Waals surface area contributed by atoms with Crippen LogP contribution in [0.15, 0.2) is 29.1 Å². The largest absolute Gasteiger partial charge is 0.469 e. The summed E-state index contributed by atoms with van der Waals surface area (Å²) in [6.45, 7) is 2.08. The molecule has 0 spiro atoms. The van der Waals surface area contributed by atoms with Crippen LogP contribution in [0.25, 0.3) is 0 Å². The van der Waals surface area contributed by atoms with Gasteiger partial charge >= 0.3 is 0 Å². The number of hydrogen-bond donors (Lipinski definition) is 2. The van der Waals surface area contributed by atoms with Crippen LogP contribution in [-0.2, 0) is 17.8 Å². The third kappa shape index (κ3) is 4.13. The van der Waals surface area contributed by atoms with Crippen LogP contribution >= 0.6 is 0 Å². The Morgan fingerprint density at radius 2 is 2.47 bits per heavy atom.